The van der Waals surface area contributed by atoms with Crippen molar-refractivity contribution in [2.24, 2.45) is 0 Å². The molecule has 0 aliphatic carbocycles. The fraction of sp³-hybridized carbons (Fsp3) is 0.167. The van der Waals surface area contributed by atoms with E-state index in [1.54, 1.807) is 0 Å². The van der Waals surface area contributed by atoms with Crippen molar-refractivity contribution in [2.45, 2.75) is 19.8 Å². The van der Waals surface area contributed by atoms with Gasteiger partial charge in [-0.15, -0.1) is 0 Å². The van der Waals surface area contributed by atoms with E-state index in [4.69, 9.17) is 4.52 Å². The molecule has 116 valence electrons. The lowest BCUT2D eigenvalue weighted by molar-refractivity contribution is -0.114. The minimum absolute atomic E-state index is 0.0820. The van der Waals surface area contributed by atoms with Crippen molar-refractivity contribution < 1.29 is 9.32 Å². The topological polar surface area (TPSA) is 68.0 Å². The maximum absolute atomic E-state index is 11.0. The molecule has 0 saturated carbocycles. The van der Waals surface area contributed by atoms with Crippen molar-refractivity contribution >= 4 is 11.6 Å². The second-order valence-electron chi connectivity index (χ2n) is 5.32. The highest BCUT2D eigenvalue weighted by atomic mass is 16.5. The highest BCUT2D eigenvalue weighted by Gasteiger charge is 2.08. The lowest BCUT2D eigenvalue weighted by Gasteiger charge is -2.02. The van der Waals surface area contributed by atoms with Crippen molar-refractivity contribution in [3.8, 4) is 0 Å². The maximum atomic E-state index is 11.0. The molecule has 5 heteroatoms. The van der Waals surface area contributed by atoms with Gasteiger partial charge in [0.2, 0.25) is 11.8 Å². The van der Waals surface area contributed by atoms with Crippen molar-refractivity contribution in [1.82, 2.24) is 10.1 Å². The predicted molar refractivity (Wildman–Crippen MR) is 87.1 cm³/mol. The number of hydrogen-bond acceptors (Lipinski definition) is 4. The number of aromatic nitrogens is 2. The first-order valence-electron chi connectivity index (χ1n) is 7.41. The number of anilines is 1. The number of amides is 1. The van der Waals surface area contributed by atoms with E-state index in [0.29, 0.717) is 24.6 Å². The molecule has 0 bridgehead atoms. The summed E-state index contributed by atoms with van der Waals surface area (Å²) >= 11 is 0. The molecule has 1 N–H and O–H groups in total. The van der Waals surface area contributed by atoms with Crippen molar-refractivity contribution in [2.75, 3.05) is 5.32 Å². The molecule has 0 fully saturated rings. The zero-order valence-electron chi connectivity index (χ0n) is 12.8. The molecule has 0 aliphatic heterocycles. The van der Waals surface area contributed by atoms with Crippen LogP contribution in [0.4, 0.5) is 5.69 Å². The summed E-state index contributed by atoms with van der Waals surface area (Å²) in [6, 6.07) is 17.6. The summed E-state index contributed by atoms with van der Waals surface area (Å²) in [7, 11) is 0. The van der Waals surface area contributed by atoms with Crippen LogP contribution < -0.4 is 5.32 Å². The SMILES string of the molecule is CC(=O)Nc1ccc(Cc2noc(Cc3ccccc3)n2)cc1. The number of rotatable bonds is 5. The third-order valence-electron chi connectivity index (χ3n) is 3.34. The molecule has 1 aromatic heterocycles. The molecule has 0 unspecified atom stereocenters. The third-order valence-corrected chi connectivity index (χ3v) is 3.34. The Hall–Kier alpha value is -2.95. The Kier molecular flexibility index (Phi) is 4.47. The Balaban J connectivity index is 1.63. The molecule has 0 radical (unpaired) electrons. The molecule has 1 amide bonds. The van der Waals surface area contributed by atoms with Gasteiger partial charge in [-0.3, -0.25) is 4.79 Å². The summed E-state index contributed by atoms with van der Waals surface area (Å²) in [6.45, 7) is 1.49. The first kappa shape index (κ1) is 15.0. The molecule has 2 aromatic carbocycles. The quantitative estimate of drug-likeness (QED) is 0.786. The predicted octanol–water partition coefficient (Wildman–Crippen LogP) is 3.21. The van der Waals surface area contributed by atoms with E-state index in [1.807, 2.05) is 54.6 Å². The first-order chi connectivity index (χ1) is 11.2. The number of hydrogen-bond donors (Lipinski definition) is 1. The van der Waals surface area contributed by atoms with Crippen LogP contribution in [0.25, 0.3) is 0 Å². The Labute approximate surface area is 134 Å². The van der Waals surface area contributed by atoms with E-state index >= 15 is 0 Å². The van der Waals surface area contributed by atoms with Crippen LogP contribution in [0, 0.1) is 0 Å². The van der Waals surface area contributed by atoms with E-state index < -0.39 is 0 Å². The third kappa shape index (κ3) is 4.26. The van der Waals surface area contributed by atoms with Crippen molar-refractivity contribution in [3.63, 3.8) is 0 Å². The zero-order chi connectivity index (χ0) is 16.1. The summed E-state index contributed by atoms with van der Waals surface area (Å²) in [6.07, 6.45) is 1.23. The second kappa shape index (κ2) is 6.87. The zero-order valence-corrected chi connectivity index (χ0v) is 12.8. The van der Waals surface area contributed by atoms with Gasteiger partial charge in [-0.05, 0) is 23.3 Å². The summed E-state index contributed by atoms with van der Waals surface area (Å²) in [4.78, 5) is 15.4. The minimum atomic E-state index is -0.0820. The van der Waals surface area contributed by atoms with Crippen LogP contribution in [-0.2, 0) is 17.6 Å². The summed E-state index contributed by atoms with van der Waals surface area (Å²) < 4.78 is 5.30. The Morgan fingerprint density at radius 3 is 2.39 bits per heavy atom. The molecule has 0 saturated heterocycles. The van der Waals surface area contributed by atoms with Crippen LogP contribution in [0.1, 0.15) is 29.8 Å². The van der Waals surface area contributed by atoms with E-state index in [9.17, 15) is 4.79 Å². The average molecular weight is 307 g/mol. The van der Waals surface area contributed by atoms with Gasteiger partial charge in [0.15, 0.2) is 5.82 Å². The average Bonchev–Trinajstić information content (AvgIpc) is 2.97. The molecule has 5 nitrogen and oxygen atoms in total. The summed E-state index contributed by atoms with van der Waals surface area (Å²) in [5, 5.41) is 6.76. The maximum Gasteiger partial charge on any atom is 0.231 e. The minimum Gasteiger partial charge on any atom is -0.339 e. The van der Waals surface area contributed by atoms with Crippen molar-refractivity contribution in [3.05, 3.63) is 77.4 Å². The van der Waals surface area contributed by atoms with Gasteiger partial charge in [-0.1, -0.05) is 47.6 Å². The fourth-order valence-electron chi connectivity index (χ4n) is 2.30. The number of carbonyl (C=O) groups excluding carboxylic acids is 1. The molecular formula is C18H17N3O2. The van der Waals surface area contributed by atoms with Crippen molar-refractivity contribution in [1.29, 1.82) is 0 Å². The number of carbonyl (C=O) groups is 1. The van der Waals surface area contributed by atoms with Gasteiger partial charge in [0.05, 0.1) is 6.42 Å². The van der Waals surface area contributed by atoms with Gasteiger partial charge in [0.1, 0.15) is 0 Å². The standard InChI is InChI=1S/C18H17N3O2/c1-13(22)19-16-9-7-15(8-10-16)11-17-20-18(23-21-17)12-14-5-3-2-4-6-14/h2-10H,11-12H2,1H3,(H,19,22). The largest absolute Gasteiger partial charge is 0.339 e. The molecular weight excluding hydrogens is 290 g/mol. The molecule has 23 heavy (non-hydrogen) atoms. The van der Waals surface area contributed by atoms with Crippen LogP contribution in [0.15, 0.2) is 59.1 Å². The van der Waals surface area contributed by atoms with Crippen LogP contribution in [0.2, 0.25) is 0 Å². The second-order valence-corrected chi connectivity index (χ2v) is 5.32. The van der Waals surface area contributed by atoms with E-state index in [2.05, 4.69) is 15.5 Å². The van der Waals surface area contributed by atoms with Gasteiger partial charge < -0.3 is 9.84 Å². The molecule has 3 aromatic rings. The molecule has 0 atom stereocenters. The van der Waals surface area contributed by atoms with Crippen LogP contribution >= 0.6 is 0 Å². The Bertz CT molecular complexity index is 780. The monoisotopic (exact) mass is 307 g/mol. The molecule has 0 spiro atoms. The highest BCUT2D eigenvalue weighted by molar-refractivity contribution is 5.88. The fourth-order valence-corrected chi connectivity index (χ4v) is 2.30. The van der Waals surface area contributed by atoms with E-state index in [-0.39, 0.29) is 5.91 Å². The Morgan fingerprint density at radius 1 is 1.00 bits per heavy atom. The lowest BCUT2D eigenvalue weighted by atomic mass is 10.1. The first-order valence-corrected chi connectivity index (χ1v) is 7.41. The smallest absolute Gasteiger partial charge is 0.231 e. The Morgan fingerprint density at radius 2 is 1.70 bits per heavy atom. The van der Waals surface area contributed by atoms with E-state index in [1.165, 1.54) is 6.92 Å². The van der Waals surface area contributed by atoms with Crippen LogP contribution in [0.3, 0.4) is 0 Å². The molecule has 0 aliphatic rings. The van der Waals surface area contributed by atoms with Gasteiger partial charge in [-0.2, -0.15) is 4.98 Å². The number of benzene rings is 2. The van der Waals surface area contributed by atoms with Gasteiger partial charge in [0, 0.05) is 19.0 Å². The van der Waals surface area contributed by atoms with Gasteiger partial charge in [0.25, 0.3) is 0 Å². The van der Waals surface area contributed by atoms with E-state index in [0.717, 1.165) is 16.8 Å². The molecule has 1 heterocycles. The van der Waals surface area contributed by atoms with Crippen LogP contribution in [0.5, 0.6) is 0 Å². The number of nitrogens with zero attached hydrogens (tertiary/aromatic N) is 2. The molecule has 3 rings (SSSR count). The van der Waals surface area contributed by atoms with Gasteiger partial charge >= 0.3 is 0 Å². The summed E-state index contributed by atoms with van der Waals surface area (Å²) in [5.74, 6) is 1.19. The summed E-state index contributed by atoms with van der Waals surface area (Å²) in [5.41, 5.74) is 2.98. The normalized spacial score (nSPS) is 10.5. The lowest BCUT2D eigenvalue weighted by Crippen LogP contribution is -2.05. The number of nitrogens with one attached hydrogen (secondary N) is 1. The van der Waals surface area contributed by atoms with Gasteiger partial charge in [-0.25, -0.2) is 0 Å². The van der Waals surface area contributed by atoms with Crippen LogP contribution in [-0.4, -0.2) is 16.0 Å². The highest BCUT2D eigenvalue weighted by Crippen LogP contribution is 2.13.